The van der Waals surface area contributed by atoms with Crippen LogP contribution in [0.2, 0.25) is 0 Å². The fraction of sp³-hybridized carbons (Fsp3) is 0.0476. The van der Waals surface area contributed by atoms with Crippen LogP contribution in [0.3, 0.4) is 0 Å². The maximum atomic E-state index is 13.2. The molecule has 0 spiro atoms. The Morgan fingerprint density at radius 1 is 0.882 bits per heavy atom. The summed E-state index contributed by atoms with van der Waals surface area (Å²) in [5.41, 5.74) is 7.20. The van der Waals surface area contributed by atoms with Crippen molar-refractivity contribution >= 4 is 44.4 Å². The molecule has 0 heterocycles. The molecule has 13 heteroatoms. The summed E-state index contributed by atoms with van der Waals surface area (Å²) in [6.07, 6.45) is -4.80. The Balaban J connectivity index is 0.00000324. The summed E-state index contributed by atoms with van der Waals surface area (Å²) in [5, 5.41) is 2.51. The van der Waals surface area contributed by atoms with Crippen molar-refractivity contribution in [2.45, 2.75) is 11.1 Å². The van der Waals surface area contributed by atoms with Gasteiger partial charge >= 0.3 is 35.7 Å². The van der Waals surface area contributed by atoms with Crippen LogP contribution < -0.4 is 46.3 Å². The van der Waals surface area contributed by atoms with E-state index < -0.39 is 55.3 Å². The van der Waals surface area contributed by atoms with E-state index in [0.29, 0.717) is 6.07 Å². The second-order valence-electron chi connectivity index (χ2n) is 7.17. The summed E-state index contributed by atoms with van der Waals surface area (Å²) < 4.78 is 75.1. The SMILES string of the molecule is Nc1ccc(Nc2cc(S(=O)(=O)[O-])c(N)c3c2C(=O)c2ccccc2C3=O)cc1C(F)(F)F.[Na+]. The predicted octanol–water partition coefficient (Wildman–Crippen LogP) is 0.297. The summed E-state index contributed by atoms with van der Waals surface area (Å²) in [4.78, 5) is 25.3. The van der Waals surface area contributed by atoms with E-state index in [1.165, 1.54) is 24.3 Å². The number of anilines is 4. The molecule has 0 atom stereocenters. The van der Waals surface area contributed by atoms with E-state index in [9.17, 15) is 35.7 Å². The number of ketones is 2. The zero-order chi connectivity index (χ0) is 24.3. The number of fused-ring (bicyclic) bond motifs is 2. The first-order valence-corrected chi connectivity index (χ1v) is 10.6. The van der Waals surface area contributed by atoms with Crippen LogP contribution in [0.25, 0.3) is 0 Å². The van der Waals surface area contributed by atoms with Crippen LogP contribution in [0.5, 0.6) is 0 Å². The monoisotopic (exact) mass is 499 g/mol. The van der Waals surface area contributed by atoms with Gasteiger partial charge in [0.15, 0.2) is 11.6 Å². The zero-order valence-electron chi connectivity index (χ0n) is 17.4. The average molecular weight is 499 g/mol. The van der Waals surface area contributed by atoms with E-state index in [4.69, 9.17) is 11.5 Å². The third-order valence-corrected chi connectivity index (χ3v) is 5.98. The Hall–Kier alpha value is -2.90. The van der Waals surface area contributed by atoms with Crippen molar-refractivity contribution < 1.29 is 65.3 Å². The average Bonchev–Trinajstić information content (AvgIpc) is 2.72. The molecule has 0 radical (unpaired) electrons. The van der Waals surface area contributed by atoms with Gasteiger partial charge in [0.1, 0.15) is 10.1 Å². The Kier molecular flexibility index (Phi) is 6.59. The van der Waals surface area contributed by atoms with Crippen molar-refractivity contribution in [2.75, 3.05) is 16.8 Å². The number of hydrogen-bond acceptors (Lipinski definition) is 8. The van der Waals surface area contributed by atoms with Gasteiger partial charge in [0, 0.05) is 22.5 Å². The smallest absolute Gasteiger partial charge is 0.744 e. The number of alkyl halides is 3. The van der Waals surface area contributed by atoms with Crippen LogP contribution >= 0.6 is 0 Å². The van der Waals surface area contributed by atoms with Gasteiger partial charge in [-0.25, -0.2) is 8.42 Å². The predicted molar refractivity (Wildman–Crippen MR) is 111 cm³/mol. The standard InChI is InChI=1S/C21H14F3N3O5S.Na/c22-21(23,24)12-7-9(5-6-13(12)25)27-14-8-15(33(30,31)32)18(26)17-16(14)19(28)10-3-1-2-4-11(10)20(17)29;/h1-8,27H,25-26H2,(H,30,31,32);/q;+1/p-1. The van der Waals surface area contributed by atoms with Crippen LogP contribution in [0.1, 0.15) is 37.4 Å². The number of hydrogen-bond donors (Lipinski definition) is 3. The van der Waals surface area contributed by atoms with E-state index in [0.717, 1.165) is 18.2 Å². The van der Waals surface area contributed by atoms with Crippen molar-refractivity contribution in [3.8, 4) is 0 Å². The van der Waals surface area contributed by atoms with Gasteiger partial charge in [0.2, 0.25) is 0 Å². The molecule has 0 saturated carbocycles. The van der Waals surface area contributed by atoms with Crippen LogP contribution in [0.15, 0.2) is 53.4 Å². The third kappa shape index (κ3) is 4.30. The molecule has 5 N–H and O–H groups in total. The fourth-order valence-electron chi connectivity index (χ4n) is 3.63. The summed E-state index contributed by atoms with van der Waals surface area (Å²) in [6.45, 7) is 0. The molecule has 0 saturated heterocycles. The van der Waals surface area contributed by atoms with Crippen molar-refractivity contribution in [1.82, 2.24) is 0 Å². The van der Waals surface area contributed by atoms with E-state index in [1.54, 1.807) is 0 Å². The minimum atomic E-state index is -5.22. The van der Waals surface area contributed by atoms with Gasteiger partial charge in [-0.3, -0.25) is 9.59 Å². The molecule has 8 nitrogen and oxygen atoms in total. The van der Waals surface area contributed by atoms with Gasteiger partial charge in [-0.1, -0.05) is 24.3 Å². The molecule has 0 unspecified atom stereocenters. The molecule has 3 aromatic carbocycles. The fourth-order valence-corrected chi connectivity index (χ4v) is 4.27. The number of benzene rings is 3. The van der Waals surface area contributed by atoms with Crippen molar-refractivity contribution in [3.63, 3.8) is 0 Å². The quantitative estimate of drug-likeness (QED) is 0.207. The molecule has 1 aliphatic carbocycles. The third-order valence-electron chi connectivity index (χ3n) is 5.11. The number of nitrogens with one attached hydrogen (secondary N) is 1. The maximum Gasteiger partial charge on any atom is 1.00 e. The minimum absolute atomic E-state index is 0. The summed E-state index contributed by atoms with van der Waals surface area (Å²) in [5.74, 6) is -1.53. The molecule has 0 bridgehead atoms. The number of carbonyl (C=O) groups is 2. The maximum absolute atomic E-state index is 13.2. The second-order valence-corrected chi connectivity index (χ2v) is 8.52. The van der Waals surface area contributed by atoms with Gasteiger partial charge < -0.3 is 21.3 Å². The Morgan fingerprint density at radius 3 is 1.97 bits per heavy atom. The summed E-state index contributed by atoms with van der Waals surface area (Å²) in [6, 6.07) is 9.15. The van der Waals surface area contributed by atoms with Gasteiger partial charge in [0.05, 0.1) is 33.0 Å². The van der Waals surface area contributed by atoms with E-state index in [-0.39, 0.29) is 57.6 Å². The van der Waals surface area contributed by atoms with Gasteiger partial charge in [-0.05, 0) is 24.3 Å². The Morgan fingerprint density at radius 2 is 1.44 bits per heavy atom. The number of carbonyl (C=O) groups excluding carboxylic acids is 2. The molecular formula is C21H13F3N3NaO5S. The van der Waals surface area contributed by atoms with Crippen molar-refractivity contribution in [1.29, 1.82) is 0 Å². The van der Waals surface area contributed by atoms with E-state index in [1.807, 2.05) is 0 Å². The zero-order valence-corrected chi connectivity index (χ0v) is 20.2. The molecule has 34 heavy (non-hydrogen) atoms. The Labute approximate surface area is 213 Å². The first-order valence-electron chi connectivity index (χ1n) is 9.15. The van der Waals surface area contributed by atoms with E-state index in [2.05, 4.69) is 5.32 Å². The van der Waals surface area contributed by atoms with Crippen molar-refractivity contribution in [2.24, 2.45) is 0 Å². The first kappa shape index (κ1) is 25.7. The Bertz CT molecular complexity index is 1470. The molecule has 0 fully saturated rings. The van der Waals surface area contributed by atoms with Crippen LogP contribution in [-0.2, 0) is 16.3 Å². The van der Waals surface area contributed by atoms with Crippen LogP contribution in [-0.4, -0.2) is 24.5 Å². The molecular weight excluding hydrogens is 486 g/mol. The van der Waals surface area contributed by atoms with Crippen LogP contribution in [0, 0.1) is 0 Å². The molecule has 0 amide bonds. The second kappa shape index (κ2) is 8.71. The van der Waals surface area contributed by atoms with Crippen molar-refractivity contribution in [3.05, 3.63) is 76.3 Å². The summed E-state index contributed by atoms with van der Waals surface area (Å²) >= 11 is 0. The molecule has 170 valence electrons. The largest absolute Gasteiger partial charge is 1.00 e. The number of rotatable bonds is 3. The molecule has 0 aliphatic heterocycles. The minimum Gasteiger partial charge on any atom is -0.744 e. The van der Waals surface area contributed by atoms with Crippen LogP contribution in [0.4, 0.5) is 35.9 Å². The number of nitrogen functional groups attached to an aromatic ring is 2. The van der Waals surface area contributed by atoms with Gasteiger partial charge in [0.25, 0.3) is 0 Å². The summed E-state index contributed by atoms with van der Waals surface area (Å²) in [7, 11) is -5.22. The topological polar surface area (TPSA) is 155 Å². The molecule has 0 aromatic heterocycles. The van der Waals surface area contributed by atoms with Gasteiger partial charge in [-0.15, -0.1) is 0 Å². The molecule has 1 aliphatic rings. The number of nitrogens with two attached hydrogens (primary N) is 2. The van der Waals surface area contributed by atoms with Gasteiger partial charge in [-0.2, -0.15) is 13.2 Å². The first-order chi connectivity index (χ1) is 15.3. The molecule has 4 rings (SSSR count). The van der Waals surface area contributed by atoms with E-state index >= 15 is 0 Å². The normalized spacial score (nSPS) is 13.1. The number of halogens is 3. The molecule has 3 aromatic rings.